The van der Waals surface area contributed by atoms with Crippen molar-refractivity contribution in [1.29, 1.82) is 0 Å². The molecule has 12 heteroatoms. The summed E-state index contributed by atoms with van der Waals surface area (Å²) in [7, 11) is 0. The van der Waals surface area contributed by atoms with Gasteiger partial charge in [-0.15, -0.1) is 10.2 Å². The minimum absolute atomic E-state index is 0.142. The Morgan fingerprint density at radius 3 is 2.96 bits per heavy atom. The predicted octanol–water partition coefficient (Wildman–Crippen LogP) is 3.91. The van der Waals surface area contributed by atoms with Crippen molar-refractivity contribution >= 4 is 45.5 Å². The normalized spacial score (nSPS) is 11.8. The first-order valence-corrected chi connectivity index (χ1v) is 9.63. The molecule has 1 atom stereocenters. The van der Waals surface area contributed by atoms with Crippen LogP contribution in [0.1, 0.15) is 12.7 Å². The Bertz CT molecular complexity index is 979. The summed E-state index contributed by atoms with van der Waals surface area (Å²) in [5.74, 6) is -0.606. The number of aromatic nitrogens is 2. The molecule has 0 aliphatic rings. The molecular weight excluding hydrogens is 409 g/mol. The quantitative estimate of drug-likeness (QED) is 0.318. The Morgan fingerprint density at radius 1 is 1.43 bits per heavy atom. The van der Waals surface area contributed by atoms with E-state index in [1.165, 1.54) is 29.2 Å². The third-order valence-corrected chi connectivity index (χ3v) is 5.52. The van der Waals surface area contributed by atoms with Gasteiger partial charge in [0.1, 0.15) is 5.76 Å². The minimum Gasteiger partial charge on any atom is -0.467 e. The number of rotatable bonds is 8. The lowest BCUT2D eigenvalue weighted by atomic mass is 10.2. The molecule has 1 unspecified atom stereocenters. The van der Waals surface area contributed by atoms with Gasteiger partial charge in [-0.05, 0) is 31.2 Å². The second kappa shape index (κ2) is 8.80. The fourth-order valence-electron chi connectivity index (χ4n) is 2.08. The van der Waals surface area contributed by atoms with Crippen molar-refractivity contribution in [2.75, 3.05) is 10.6 Å². The lowest BCUT2D eigenvalue weighted by molar-refractivity contribution is -0.387. The number of nitro groups is 1. The molecule has 0 spiro atoms. The monoisotopic (exact) mass is 423 g/mol. The van der Waals surface area contributed by atoms with Crippen molar-refractivity contribution in [2.24, 2.45) is 0 Å². The van der Waals surface area contributed by atoms with Crippen LogP contribution < -0.4 is 10.6 Å². The highest BCUT2D eigenvalue weighted by atomic mass is 32.2. The number of benzene rings is 1. The topological polar surface area (TPSA) is 123 Å². The number of hydrogen-bond acceptors (Lipinski definition) is 9. The number of anilines is 2. The molecule has 3 aromatic rings. The number of carbonyl (C=O) groups is 1. The highest BCUT2D eigenvalue weighted by Crippen LogP contribution is 2.30. The van der Waals surface area contributed by atoms with Crippen molar-refractivity contribution in [1.82, 2.24) is 10.2 Å². The van der Waals surface area contributed by atoms with E-state index >= 15 is 0 Å². The smallest absolute Gasteiger partial charge is 0.306 e. The van der Waals surface area contributed by atoms with Crippen LogP contribution in [-0.2, 0) is 11.3 Å². The van der Waals surface area contributed by atoms with Gasteiger partial charge in [0.15, 0.2) is 4.34 Å². The Kier molecular flexibility index (Phi) is 6.21. The number of thioether (sulfide) groups is 1. The van der Waals surface area contributed by atoms with Gasteiger partial charge in [-0.25, -0.2) is 0 Å². The maximum absolute atomic E-state index is 13.4. The summed E-state index contributed by atoms with van der Waals surface area (Å²) in [5, 5.41) is 24.4. The molecule has 0 aliphatic carbocycles. The number of halogens is 1. The molecule has 2 aromatic heterocycles. The Labute approximate surface area is 166 Å². The van der Waals surface area contributed by atoms with Crippen LogP contribution in [0.5, 0.6) is 0 Å². The van der Waals surface area contributed by atoms with E-state index in [0.29, 0.717) is 16.0 Å². The SMILES string of the molecule is CC(Sc1nnc(NCc2ccco2)s1)C(=O)Nc1ccc(F)c([N+](=O)[O-])c1. The van der Waals surface area contributed by atoms with Crippen LogP contribution in [0.15, 0.2) is 45.4 Å². The van der Waals surface area contributed by atoms with Crippen LogP contribution in [0.2, 0.25) is 0 Å². The number of nitrogens with one attached hydrogen (secondary N) is 2. The van der Waals surface area contributed by atoms with Gasteiger partial charge < -0.3 is 15.1 Å². The van der Waals surface area contributed by atoms with Gasteiger partial charge >= 0.3 is 5.69 Å². The van der Waals surface area contributed by atoms with Crippen molar-refractivity contribution in [3.05, 3.63) is 58.3 Å². The summed E-state index contributed by atoms with van der Waals surface area (Å²) in [6.45, 7) is 2.13. The van der Waals surface area contributed by atoms with Crippen LogP contribution in [0.4, 0.5) is 20.9 Å². The minimum atomic E-state index is -0.964. The lowest BCUT2D eigenvalue weighted by Gasteiger charge is -2.10. The summed E-state index contributed by atoms with van der Waals surface area (Å²) in [4.78, 5) is 22.2. The zero-order valence-electron chi connectivity index (χ0n) is 14.4. The van der Waals surface area contributed by atoms with Crippen molar-refractivity contribution < 1.29 is 18.5 Å². The first-order valence-electron chi connectivity index (χ1n) is 7.93. The molecule has 1 aromatic carbocycles. The van der Waals surface area contributed by atoms with Gasteiger partial charge in [0, 0.05) is 11.8 Å². The molecule has 146 valence electrons. The van der Waals surface area contributed by atoms with E-state index in [-0.39, 0.29) is 5.69 Å². The summed E-state index contributed by atoms with van der Waals surface area (Å²) < 4.78 is 19.2. The number of furan rings is 1. The van der Waals surface area contributed by atoms with Gasteiger partial charge in [0.25, 0.3) is 0 Å². The third kappa shape index (κ3) is 5.04. The number of amides is 1. The van der Waals surface area contributed by atoms with Crippen LogP contribution in [0.25, 0.3) is 0 Å². The highest BCUT2D eigenvalue weighted by Gasteiger charge is 2.20. The Hall–Kier alpha value is -2.99. The van der Waals surface area contributed by atoms with Crippen LogP contribution in [-0.4, -0.2) is 26.3 Å². The molecule has 0 fully saturated rings. The van der Waals surface area contributed by atoms with Crippen molar-refractivity contribution in [3.63, 3.8) is 0 Å². The summed E-state index contributed by atoms with van der Waals surface area (Å²) in [6, 6.07) is 6.79. The molecule has 1 amide bonds. The largest absolute Gasteiger partial charge is 0.467 e. The standard InChI is InChI=1S/C16H14FN5O4S2/c1-9(14(23)19-10-4-5-12(17)13(7-10)22(24)25)27-16-21-20-15(28-16)18-8-11-3-2-6-26-11/h2-7,9H,8H2,1H3,(H,18,20)(H,19,23). The fourth-order valence-corrected chi connectivity index (χ4v) is 3.98. The molecule has 2 heterocycles. The second-order valence-corrected chi connectivity index (χ2v) is 8.04. The van der Waals surface area contributed by atoms with E-state index in [1.54, 1.807) is 19.3 Å². The first-order chi connectivity index (χ1) is 13.4. The predicted molar refractivity (Wildman–Crippen MR) is 103 cm³/mol. The lowest BCUT2D eigenvalue weighted by Crippen LogP contribution is -2.22. The highest BCUT2D eigenvalue weighted by molar-refractivity contribution is 8.02. The fraction of sp³-hybridized carbons (Fsp3) is 0.188. The van der Waals surface area contributed by atoms with E-state index < -0.39 is 27.6 Å². The molecule has 28 heavy (non-hydrogen) atoms. The Morgan fingerprint density at radius 2 is 2.25 bits per heavy atom. The number of nitrogens with zero attached hydrogens (tertiary/aromatic N) is 3. The van der Waals surface area contributed by atoms with E-state index in [0.717, 1.165) is 17.9 Å². The van der Waals surface area contributed by atoms with Gasteiger partial charge in [-0.3, -0.25) is 14.9 Å². The summed E-state index contributed by atoms with van der Waals surface area (Å²) >= 11 is 2.47. The molecule has 9 nitrogen and oxygen atoms in total. The van der Waals surface area contributed by atoms with E-state index in [4.69, 9.17) is 4.42 Å². The Balaban J connectivity index is 1.55. The molecule has 3 rings (SSSR count). The van der Waals surface area contributed by atoms with Gasteiger partial charge in [0.2, 0.25) is 16.9 Å². The van der Waals surface area contributed by atoms with Gasteiger partial charge in [-0.2, -0.15) is 4.39 Å². The van der Waals surface area contributed by atoms with Gasteiger partial charge in [0.05, 0.1) is 23.0 Å². The summed E-state index contributed by atoms with van der Waals surface area (Å²) in [6.07, 6.45) is 1.58. The van der Waals surface area contributed by atoms with Crippen molar-refractivity contribution in [2.45, 2.75) is 23.1 Å². The van der Waals surface area contributed by atoms with E-state index in [2.05, 4.69) is 20.8 Å². The average Bonchev–Trinajstić information content (AvgIpc) is 3.33. The molecule has 0 saturated carbocycles. The number of hydrogen-bond donors (Lipinski definition) is 2. The molecule has 0 radical (unpaired) electrons. The van der Waals surface area contributed by atoms with E-state index in [1.807, 2.05) is 6.07 Å². The maximum Gasteiger partial charge on any atom is 0.306 e. The zero-order chi connectivity index (χ0) is 20.1. The average molecular weight is 423 g/mol. The third-order valence-electron chi connectivity index (χ3n) is 3.46. The molecule has 0 bridgehead atoms. The molecule has 0 aliphatic heterocycles. The number of carbonyl (C=O) groups excluding carboxylic acids is 1. The summed E-state index contributed by atoms with van der Waals surface area (Å²) in [5.41, 5.74) is -0.557. The second-order valence-electron chi connectivity index (χ2n) is 5.48. The first kappa shape index (κ1) is 19.8. The van der Waals surface area contributed by atoms with Gasteiger partial charge in [-0.1, -0.05) is 23.1 Å². The van der Waals surface area contributed by atoms with E-state index in [9.17, 15) is 19.3 Å². The maximum atomic E-state index is 13.4. The van der Waals surface area contributed by atoms with Crippen LogP contribution in [0, 0.1) is 15.9 Å². The molecular formula is C16H14FN5O4S2. The van der Waals surface area contributed by atoms with Crippen molar-refractivity contribution in [3.8, 4) is 0 Å². The molecule has 2 N–H and O–H groups in total. The van der Waals surface area contributed by atoms with Crippen LogP contribution in [0.3, 0.4) is 0 Å². The molecule has 0 saturated heterocycles. The number of nitro benzene ring substituents is 1. The zero-order valence-corrected chi connectivity index (χ0v) is 16.1. The van der Waals surface area contributed by atoms with Crippen LogP contribution >= 0.6 is 23.1 Å².